The summed E-state index contributed by atoms with van der Waals surface area (Å²) < 4.78 is 0.858. The number of Topliss-reactive ketones (excluding diaryl/α,β-unsaturated/α-hetero) is 1. The molecule has 7 heteroatoms. The molecular formula is C21H17N3O2S2. The molecule has 5 nitrogen and oxygen atoms in total. The number of thiazole rings is 1. The molecular weight excluding hydrogens is 390 g/mol. The predicted octanol–water partition coefficient (Wildman–Crippen LogP) is 5.22. The van der Waals surface area contributed by atoms with E-state index in [1.54, 1.807) is 18.0 Å². The molecule has 2 heterocycles. The van der Waals surface area contributed by atoms with Crippen molar-refractivity contribution in [2.75, 3.05) is 11.1 Å². The Morgan fingerprint density at radius 1 is 1.11 bits per heavy atom. The fourth-order valence-electron chi connectivity index (χ4n) is 2.90. The molecule has 0 radical (unpaired) electrons. The molecule has 4 aromatic rings. The molecule has 4 rings (SSSR count). The van der Waals surface area contributed by atoms with E-state index in [1.165, 1.54) is 11.3 Å². The van der Waals surface area contributed by atoms with Gasteiger partial charge in [-0.1, -0.05) is 78.6 Å². The van der Waals surface area contributed by atoms with Crippen molar-refractivity contribution in [3.63, 3.8) is 0 Å². The summed E-state index contributed by atoms with van der Waals surface area (Å²) in [5.74, 6) is -0.364. The number of hydrogen-bond acceptors (Lipinski definition) is 5. The lowest BCUT2D eigenvalue weighted by molar-refractivity contribution is -0.112. The van der Waals surface area contributed by atoms with Crippen LogP contribution in [0, 0.1) is 0 Å². The Morgan fingerprint density at radius 2 is 1.86 bits per heavy atom. The number of thioether (sulfide) groups is 1. The number of aromatic amines is 1. The van der Waals surface area contributed by atoms with Gasteiger partial charge in [-0.15, -0.1) is 0 Å². The highest BCUT2D eigenvalue weighted by Gasteiger charge is 2.23. The van der Waals surface area contributed by atoms with Crippen LogP contribution in [0.4, 0.5) is 5.00 Å². The van der Waals surface area contributed by atoms with Crippen molar-refractivity contribution in [3.05, 3.63) is 66.4 Å². The number of hydrogen-bond donors (Lipinski definition) is 2. The Balaban J connectivity index is 1.64. The molecule has 0 fully saturated rings. The second-order valence-electron chi connectivity index (χ2n) is 5.99. The fraction of sp³-hybridized carbons (Fsp3) is 0.0952. The van der Waals surface area contributed by atoms with Gasteiger partial charge in [0.15, 0.2) is 4.34 Å². The topological polar surface area (TPSA) is 74.8 Å². The van der Waals surface area contributed by atoms with E-state index in [9.17, 15) is 9.59 Å². The van der Waals surface area contributed by atoms with Gasteiger partial charge in [0.05, 0.1) is 5.56 Å². The summed E-state index contributed by atoms with van der Waals surface area (Å²) in [6.45, 7) is 2.05. The van der Waals surface area contributed by atoms with E-state index >= 15 is 0 Å². The average molecular weight is 408 g/mol. The highest BCUT2D eigenvalue weighted by molar-refractivity contribution is 8.01. The number of H-pyrrole nitrogens is 1. The number of nitrogens with one attached hydrogen (secondary N) is 2. The number of fused-ring (bicyclic) bond motifs is 1. The van der Waals surface area contributed by atoms with Crippen LogP contribution in [0.2, 0.25) is 0 Å². The van der Waals surface area contributed by atoms with Gasteiger partial charge in [-0.3, -0.25) is 9.59 Å². The second kappa shape index (κ2) is 8.00. The first-order valence-corrected chi connectivity index (χ1v) is 10.6. The number of ketones is 1. The van der Waals surface area contributed by atoms with E-state index in [2.05, 4.69) is 15.3 Å². The predicted molar refractivity (Wildman–Crippen MR) is 115 cm³/mol. The van der Waals surface area contributed by atoms with Crippen LogP contribution >= 0.6 is 23.1 Å². The molecule has 2 N–H and O–H groups in total. The zero-order valence-electron chi connectivity index (χ0n) is 15.1. The smallest absolute Gasteiger partial charge is 0.297 e. The largest absolute Gasteiger partial charge is 0.360 e. The van der Waals surface area contributed by atoms with Crippen molar-refractivity contribution in [1.29, 1.82) is 0 Å². The van der Waals surface area contributed by atoms with Crippen LogP contribution in [-0.2, 0) is 4.79 Å². The molecule has 28 heavy (non-hydrogen) atoms. The van der Waals surface area contributed by atoms with Gasteiger partial charge in [-0.25, -0.2) is 4.98 Å². The summed E-state index contributed by atoms with van der Waals surface area (Å²) in [6, 6.07) is 17.1. The third-order valence-electron chi connectivity index (χ3n) is 4.19. The molecule has 2 aromatic heterocycles. The van der Waals surface area contributed by atoms with E-state index in [0.29, 0.717) is 16.3 Å². The van der Waals surface area contributed by atoms with Crippen LogP contribution in [0.1, 0.15) is 17.3 Å². The van der Waals surface area contributed by atoms with Crippen molar-refractivity contribution in [1.82, 2.24) is 9.97 Å². The number of amides is 1. The Hall–Kier alpha value is -2.90. The van der Waals surface area contributed by atoms with Gasteiger partial charge in [0.25, 0.3) is 11.7 Å². The van der Waals surface area contributed by atoms with Crippen LogP contribution in [-0.4, -0.2) is 27.4 Å². The Bertz CT molecular complexity index is 1150. The summed E-state index contributed by atoms with van der Waals surface area (Å²) in [5, 5.41) is 4.10. The zero-order chi connectivity index (χ0) is 19.5. The lowest BCUT2D eigenvalue weighted by Gasteiger charge is -2.04. The first kappa shape index (κ1) is 18.5. The molecule has 0 spiro atoms. The summed E-state index contributed by atoms with van der Waals surface area (Å²) in [5.41, 5.74) is 2.77. The standard InChI is InChI=1S/C21H17N3O2S2/c1-2-27-21-23-17(13-8-4-3-5-9-13)20(28-21)24-19(26)18(25)15-12-22-16-11-7-6-10-14(15)16/h3-12,22H,2H2,1H3,(H,24,26). The van der Waals surface area contributed by atoms with E-state index in [-0.39, 0.29) is 0 Å². The average Bonchev–Trinajstić information content (AvgIpc) is 3.32. The van der Waals surface area contributed by atoms with Gasteiger partial charge in [0.2, 0.25) is 0 Å². The van der Waals surface area contributed by atoms with Crippen LogP contribution < -0.4 is 5.32 Å². The minimum Gasteiger partial charge on any atom is -0.360 e. The van der Waals surface area contributed by atoms with Crippen LogP contribution in [0.15, 0.2) is 65.1 Å². The second-order valence-corrected chi connectivity index (χ2v) is 8.50. The molecule has 2 aromatic carbocycles. The van der Waals surface area contributed by atoms with Gasteiger partial charge in [-0.2, -0.15) is 0 Å². The Morgan fingerprint density at radius 3 is 2.64 bits per heavy atom. The third kappa shape index (κ3) is 3.58. The number of carbonyl (C=O) groups excluding carboxylic acids is 2. The molecule has 0 aliphatic carbocycles. The number of carbonyl (C=O) groups is 2. The van der Waals surface area contributed by atoms with Gasteiger partial charge >= 0.3 is 0 Å². The molecule has 0 aliphatic rings. The molecule has 140 valence electrons. The fourth-order valence-corrected chi connectivity index (χ4v) is 4.86. The quantitative estimate of drug-likeness (QED) is 0.261. The van der Waals surface area contributed by atoms with Gasteiger partial charge < -0.3 is 10.3 Å². The Kier molecular flexibility index (Phi) is 5.27. The molecule has 0 saturated carbocycles. The molecule has 0 saturated heterocycles. The summed E-state index contributed by atoms with van der Waals surface area (Å²) in [7, 11) is 0. The maximum atomic E-state index is 12.8. The molecule has 0 unspecified atom stereocenters. The third-order valence-corrected chi connectivity index (χ3v) is 6.19. The van der Waals surface area contributed by atoms with Crippen LogP contribution in [0.3, 0.4) is 0 Å². The number of aromatic nitrogens is 2. The number of para-hydroxylation sites is 1. The molecule has 0 aliphatic heterocycles. The maximum absolute atomic E-state index is 12.8. The first-order chi connectivity index (χ1) is 13.7. The van der Waals surface area contributed by atoms with Crippen molar-refractivity contribution >= 4 is 50.7 Å². The van der Waals surface area contributed by atoms with Crippen molar-refractivity contribution in [3.8, 4) is 11.3 Å². The molecule has 0 bridgehead atoms. The number of rotatable bonds is 6. The molecule has 0 atom stereocenters. The SMILES string of the molecule is CCSc1nc(-c2ccccc2)c(NC(=O)C(=O)c2c[nH]c3ccccc23)s1. The van der Waals surface area contributed by atoms with Gasteiger partial charge in [-0.05, 0) is 11.8 Å². The number of benzene rings is 2. The van der Waals surface area contributed by atoms with Crippen LogP contribution in [0.25, 0.3) is 22.2 Å². The number of anilines is 1. The normalized spacial score (nSPS) is 10.9. The lowest BCUT2D eigenvalue weighted by atomic mass is 10.1. The Labute approximate surface area is 170 Å². The first-order valence-electron chi connectivity index (χ1n) is 8.78. The van der Waals surface area contributed by atoms with E-state index < -0.39 is 11.7 Å². The highest BCUT2D eigenvalue weighted by Crippen LogP contribution is 2.37. The minimum absolute atomic E-state index is 0.363. The lowest BCUT2D eigenvalue weighted by Crippen LogP contribution is -2.22. The van der Waals surface area contributed by atoms with Crippen molar-refractivity contribution in [2.45, 2.75) is 11.3 Å². The minimum atomic E-state index is -0.668. The van der Waals surface area contributed by atoms with Crippen molar-refractivity contribution < 1.29 is 9.59 Å². The maximum Gasteiger partial charge on any atom is 0.297 e. The summed E-state index contributed by atoms with van der Waals surface area (Å²) >= 11 is 2.99. The number of nitrogens with zero attached hydrogens (tertiary/aromatic N) is 1. The van der Waals surface area contributed by atoms with E-state index in [0.717, 1.165) is 26.6 Å². The van der Waals surface area contributed by atoms with E-state index in [1.807, 2.05) is 61.5 Å². The van der Waals surface area contributed by atoms with Gasteiger partial charge in [0, 0.05) is 22.7 Å². The van der Waals surface area contributed by atoms with E-state index in [4.69, 9.17) is 0 Å². The van der Waals surface area contributed by atoms with Crippen molar-refractivity contribution in [2.24, 2.45) is 0 Å². The monoisotopic (exact) mass is 407 g/mol. The summed E-state index contributed by atoms with van der Waals surface area (Å²) in [6.07, 6.45) is 1.58. The van der Waals surface area contributed by atoms with Gasteiger partial charge in [0.1, 0.15) is 10.7 Å². The zero-order valence-corrected chi connectivity index (χ0v) is 16.7. The highest BCUT2D eigenvalue weighted by atomic mass is 32.2. The summed E-state index contributed by atoms with van der Waals surface area (Å²) in [4.78, 5) is 33.1. The molecule has 1 amide bonds. The van der Waals surface area contributed by atoms with Crippen LogP contribution in [0.5, 0.6) is 0 Å².